The van der Waals surface area contributed by atoms with E-state index in [9.17, 15) is 0 Å². The lowest BCUT2D eigenvalue weighted by atomic mass is 9.94. The molecule has 0 unspecified atom stereocenters. The monoisotopic (exact) mass is 855 g/mol. The van der Waals surface area contributed by atoms with Crippen molar-refractivity contribution in [2.24, 2.45) is 0 Å². The molecule has 0 atom stereocenters. The van der Waals surface area contributed by atoms with Crippen LogP contribution in [0.5, 0.6) is 0 Å². The van der Waals surface area contributed by atoms with Gasteiger partial charge in [-0.1, -0.05) is 182 Å². The van der Waals surface area contributed by atoms with Gasteiger partial charge < -0.3 is 8.83 Å². The zero-order chi connectivity index (χ0) is 44.0. The number of para-hydroxylation sites is 6. The Morgan fingerprint density at radius 2 is 0.806 bits per heavy atom. The second-order valence-electron chi connectivity index (χ2n) is 17.2. The van der Waals surface area contributed by atoms with Gasteiger partial charge >= 0.3 is 0 Å². The molecule has 10 aromatic carbocycles. The Balaban J connectivity index is 0.983. The molecule has 0 N–H and O–H groups in total. The molecule has 67 heavy (non-hydrogen) atoms. The number of benzene rings is 10. The van der Waals surface area contributed by atoms with E-state index in [1.165, 1.54) is 0 Å². The molecule has 0 aliphatic heterocycles. The van der Waals surface area contributed by atoms with E-state index in [2.05, 4.69) is 193 Å². The molecule has 14 aromatic rings. The summed E-state index contributed by atoms with van der Waals surface area (Å²) in [5, 5.41) is 7.68. The first-order valence-corrected chi connectivity index (χ1v) is 22.6. The average molecular weight is 856 g/mol. The van der Waals surface area contributed by atoms with Crippen molar-refractivity contribution in [3.05, 3.63) is 224 Å². The molecule has 312 valence electrons. The molecule has 0 fully saturated rings. The Morgan fingerprint density at radius 1 is 0.313 bits per heavy atom. The molecule has 14 rings (SSSR count). The Bertz CT molecular complexity index is 4290. The first-order valence-electron chi connectivity index (χ1n) is 22.6. The van der Waals surface area contributed by atoms with Crippen LogP contribution < -0.4 is 0 Å². The van der Waals surface area contributed by atoms with Crippen molar-refractivity contribution in [1.29, 1.82) is 0 Å². The Morgan fingerprint density at radius 3 is 1.48 bits per heavy atom. The van der Waals surface area contributed by atoms with E-state index in [4.69, 9.17) is 18.8 Å². The number of furan rings is 2. The summed E-state index contributed by atoms with van der Waals surface area (Å²) in [5.41, 5.74) is 17.1. The molecule has 0 saturated heterocycles. The second kappa shape index (κ2) is 14.7. The molecule has 0 amide bonds. The minimum Gasteiger partial charge on any atom is -0.455 e. The van der Waals surface area contributed by atoms with Gasteiger partial charge in [-0.2, -0.15) is 0 Å². The van der Waals surface area contributed by atoms with E-state index in [0.29, 0.717) is 5.95 Å². The maximum Gasteiger partial charge on any atom is 0.235 e. The summed E-state index contributed by atoms with van der Waals surface area (Å²) in [6, 6.07) is 79.1. The highest BCUT2D eigenvalue weighted by Crippen LogP contribution is 2.43. The third-order valence-corrected chi connectivity index (χ3v) is 13.4. The van der Waals surface area contributed by atoms with Gasteiger partial charge in [0.1, 0.15) is 22.3 Å². The van der Waals surface area contributed by atoms with E-state index in [1.54, 1.807) is 0 Å². The smallest absolute Gasteiger partial charge is 0.235 e. The quantitative estimate of drug-likeness (QED) is 0.167. The summed E-state index contributed by atoms with van der Waals surface area (Å²) in [4.78, 5) is 10.8. The molecule has 5 nitrogen and oxygen atoms in total. The van der Waals surface area contributed by atoms with E-state index in [0.717, 1.165) is 132 Å². The molecule has 5 heteroatoms. The fraction of sp³-hybridized carbons (Fsp3) is 0. The van der Waals surface area contributed by atoms with Crippen LogP contribution >= 0.6 is 0 Å². The Hall–Kier alpha value is -9.06. The summed E-state index contributed by atoms with van der Waals surface area (Å²) < 4.78 is 15.3. The summed E-state index contributed by atoms with van der Waals surface area (Å²) in [6.07, 6.45) is 0. The van der Waals surface area contributed by atoms with E-state index >= 15 is 0 Å². The summed E-state index contributed by atoms with van der Waals surface area (Å²) >= 11 is 0. The fourth-order valence-electron chi connectivity index (χ4n) is 10.3. The molecule has 4 heterocycles. The minimum absolute atomic E-state index is 0.612. The first-order chi connectivity index (χ1) is 33.2. The molecule has 0 spiro atoms. The molecule has 0 aliphatic carbocycles. The van der Waals surface area contributed by atoms with Crippen LogP contribution in [0.2, 0.25) is 0 Å². The maximum absolute atomic E-state index is 6.57. The Labute approximate surface area is 384 Å². The van der Waals surface area contributed by atoms with Gasteiger partial charge in [-0.3, -0.25) is 4.57 Å². The lowest BCUT2D eigenvalue weighted by molar-refractivity contribution is 0.669. The molecule has 4 aromatic heterocycles. The number of hydrogen-bond donors (Lipinski definition) is 0. The van der Waals surface area contributed by atoms with Crippen molar-refractivity contribution in [3.63, 3.8) is 0 Å². The van der Waals surface area contributed by atoms with Crippen LogP contribution in [0.15, 0.2) is 233 Å². The topological polar surface area (TPSA) is 57.0 Å². The van der Waals surface area contributed by atoms with Crippen LogP contribution in [0.3, 0.4) is 0 Å². The molecule has 0 aliphatic rings. The number of hydrogen-bond acceptors (Lipinski definition) is 4. The van der Waals surface area contributed by atoms with Crippen molar-refractivity contribution in [1.82, 2.24) is 14.5 Å². The number of rotatable bonds is 6. The molecule has 0 radical (unpaired) electrons. The fourth-order valence-corrected chi connectivity index (χ4v) is 10.3. The highest BCUT2D eigenvalue weighted by Gasteiger charge is 2.22. The SMILES string of the molecule is c1ccc(-c2nc(-n3c4ccc(-c5cccc6c5oc5ccccc56)cc4c4cccc(-c5cccc(-c6cccc(-c7cccc8c7oc7ccccc78)c6)c5)c43)nc3ccccc23)cc1. The highest BCUT2D eigenvalue weighted by atomic mass is 16.3. The lowest BCUT2D eigenvalue weighted by Crippen LogP contribution is -2.04. The van der Waals surface area contributed by atoms with Gasteiger partial charge in [0.15, 0.2) is 0 Å². The van der Waals surface area contributed by atoms with Crippen molar-refractivity contribution >= 4 is 76.6 Å². The molecular formula is C62H37N3O2. The summed E-state index contributed by atoms with van der Waals surface area (Å²) in [7, 11) is 0. The second-order valence-corrected chi connectivity index (χ2v) is 17.2. The normalized spacial score (nSPS) is 11.9. The predicted octanol–water partition coefficient (Wildman–Crippen LogP) is 16.9. The number of aromatic nitrogens is 3. The highest BCUT2D eigenvalue weighted by molar-refractivity contribution is 6.16. The summed E-state index contributed by atoms with van der Waals surface area (Å²) in [5.74, 6) is 0.612. The third-order valence-electron chi connectivity index (χ3n) is 13.4. The largest absolute Gasteiger partial charge is 0.455 e. The van der Waals surface area contributed by atoms with Crippen molar-refractivity contribution in [2.45, 2.75) is 0 Å². The van der Waals surface area contributed by atoms with Gasteiger partial charge in [0.2, 0.25) is 5.95 Å². The van der Waals surface area contributed by atoms with E-state index < -0.39 is 0 Å². The van der Waals surface area contributed by atoms with Gasteiger partial charge in [0.25, 0.3) is 0 Å². The average Bonchev–Trinajstić information content (AvgIpc) is 4.08. The van der Waals surface area contributed by atoms with Crippen LogP contribution in [0.1, 0.15) is 0 Å². The Kier molecular flexibility index (Phi) is 8.21. The molecule has 0 saturated carbocycles. The zero-order valence-corrected chi connectivity index (χ0v) is 36.0. The lowest BCUT2D eigenvalue weighted by Gasteiger charge is -2.14. The van der Waals surface area contributed by atoms with Gasteiger partial charge in [0.05, 0.1) is 22.2 Å². The van der Waals surface area contributed by atoms with Crippen molar-refractivity contribution in [2.75, 3.05) is 0 Å². The van der Waals surface area contributed by atoms with E-state index in [-0.39, 0.29) is 0 Å². The number of fused-ring (bicyclic) bond motifs is 10. The maximum atomic E-state index is 6.57. The zero-order valence-electron chi connectivity index (χ0n) is 36.0. The minimum atomic E-state index is 0.612. The van der Waals surface area contributed by atoms with E-state index in [1.807, 2.05) is 36.4 Å². The summed E-state index contributed by atoms with van der Waals surface area (Å²) in [6.45, 7) is 0. The van der Waals surface area contributed by atoms with Crippen LogP contribution in [0.4, 0.5) is 0 Å². The molecule has 0 bridgehead atoms. The van der Waals surface area contributed by atoms with Crippen molar-refractivity contribution < 1.29 is 8.83 Å². The molecular weight excluding hydrogens is 819 g/mol. The van der Waals surface area contributed by atoms with Crippen LogP contribution in [-0.2, 0) is 0 Å². The number of nitrogens with zero attached hydrogens (tertiary/aromatic N) is 3. The van der Waals surface area contributed by atoms with Gasteiger partial charge in [-0.05, 0) is 70.3 Å². The van der Waals surface area contributed by atoms with Gasteiger partial charge in [-0.15, -0.1) is 0 Å². The van der Waals surface area contributed by atoms with Crippen molar-refractivity contribution in [3.8, 4) is 61.7 Å². The van der Waals surface area contributed by atoms with Crippen LogP contribution in [0, 0.1) is 0 Å². The third kappa shape index (κ3) is 5.88. The first kappa shape index (κ1) is 37.3. The standard InChI is InChI=1S/C62H37N3O2/c1-2-15-38(16-3-1)58-52-23-4-7-30-54(52)63-62(64-58)65-55-34-33-43(46-26-14-29-51-48-22-6-9-32-57(48)67-61(46)51)37-53(55)49-27-12-24-44(59(49)65)41-19-10-17-39(35-41)40-18-11-20-42(36-40)45-25-13-28-50-47-21-5-8-31-56(47)66-60(45)50/h1-37H. The van der Waals surface area contributed by atoms with Crippen LogP contribution in [0.25, 0.3) is 138 Å². The van der Waals surface area contributed by atoms with Gasteiger partial charge in [0, 0.05) is 60.0 Å². The van der Waals surface area contributed by atoms with Crippen LogP contribution in [-0.4, -0.2) is 14.5 Å². The van der Waals surface area contributed by atoms with Gasteiger partial charge in [-0.25, -0.2) is 9.97 Å². The predicted molar refractivity (Wildman–Crippen MR) is 276 cm³/mol.